The summed E-state index contributed by atoms with van der Waals surface area (Å²) in [5, 5.41) is 10.3. The molecule has 31 heavy (non-hydrogen) atoms. The molecule has 1 aromatic rings. The number of hydrazone groups is 1. The van der Waals surface area contributed by atoms with Gasteiger partial charge in [0.15, 0.2) is 5.84 Å². The Kier molecular flexibility index (Phi) is 9.75. The molecular formula is C19H29N5O5S2. The van der Waals surface area contributed by atoms with Gasteiger partial charge in [-0.15, -0.1) is 0 Å². The number of hydrogen-bond acceptors (Lipinski definition) is 8. The van der Waals surface area contributed by atoms with Gasteiger partial charge in [-0.05, 0) is 38.6 Å². The summed E-state index contributed by atoms with van der Waals surface area (Å²) in [5.41, 5.74) is 4.28. The van der Waals surface area contributed by atoms with Crippen molar-refractivity contribution in [3.8, 4) is 0 Å². The van der Waals surface area contributed by atoms with E-state index in [-0.39, 0.29) is 17.9 Å². The van der Waals surface area contributed by atoms with E-state index in [4.69, 9.17) is 4.55 Å². The second-order valence-corrected chi connectivity index (χ2v) is 9.73. The van der Waals surface area contributed by atoms with Crippen molar-refractivity contribution in [2.75, 3.05) is 43.2 Å². The predicted octanol–water partition coefficient (Wildman–Crippen LogP) is 0.728. The molecule has 3 rings (SSSR count). The molecule has 1 unspecified atom stereocenters. The molecule has 1 fully saturated rings. The largest absolute Gasteiger partial charge is 0.341 e. The highest BCUT2D eigenvalue weighted by atomic mass is 32.2. The summed E-state index contributed by atoms with van der Waals surface area (Å²) in [7, 11) is -1.76. The maximum absolute atomic E-state index is 12.1. The van der Waals surface area contributed by atoms with Gasteiger partial charge < -0.3 is 15.5 Å². The molecule has 0 spiro atoms. The van der Waals surface area contributed by atoms with Gasteiger partial charge in [0.25, 0.3) is 16.0 Å². The first-order valence-corrected chi connectivity index (χ1v) is 12.9. The number of fused-ring (bicyclic) bond motifs is 1. The molecule has 2 heterocycles. The second-order valence-electron chi connectivity index (χ2n) is 7.12. The lowest BCUT2D eigenvalue weighted by Crippen LogP contribution is -2.57. The van der Waals surface area contributed by atoms with E-state index in [2.05, 4.69) is 26.1 Å². The van der Waals surface area contributed by atoms with Crippen molar-refractivity contribution in [2.24, 2.45) is 5.10 Å². The minimum Gasteiger partial charge on any atom is -0.341 e. The molecule has 2 amide bonds. The van der Waals surface area contributed by atoms with Crippen LogP contribution in [0.4, 0.5) is 5.69 Å². The van der Waals surface area contributed by atoms with Gasteiger partial charge in [-0.1, -0.05) is 12.1 Å². The van der Waals surface area contributed by atoms with E-state index < -0.39 is 10.1 Å². The quantitative estimate of drug-likeness (QED) is 0.337. The van der Waals surface area contributed by atoms with Crippen molar-refractivity contribution in [1.82, 2.24) is 15.6 Å². The Morgan fingerprint density at radius 3 is 2.84 bits per heavy atom. The Morgan fingerprint density at radius 1 is 1.39 bits per heavy atom. The van der Waals surface area contributed by atoms with Gasteiger partial charge >= 0.3 is 0 Å². The molecule has 10 nitrogen and oxygen atoms in total. The highest BCUT2D eigenvalue weighted by Crippen LogP contribution is 2.23. The lowest BCUT2D eigenvalue weighted by atomic mass is 10.1. The van der Waals surface area contributed by atoms with Gasteiger partial charge in [-0.25, -0.2) is 5.43 Å². The molecule has 12 heteroatoms. The fourth-order valence-corrected chi connectivity index (χ4v) is 4.15. The van der Waals surface area contributed by atoms with E-state index in [1.807, 2.05) is 31.3 Å². The Balaban J connectivity index is 0.000000614. The van der Waals surface area contributed by atoms with Crippen LogP contribution in [-0.4, -0.2) is 79.5 Å². The van der Waals surface area contributed by atoms with Crippen LogP contribution in [0.3, 0.4) is 0 Å². The van der Waals surface area contributed by atoms with Crippen molar-refractivity contribution in [1.29, 1.82) is 0 Å². The third-order valence-electron chi connectivity index (χ3n) is 4.46. The molecule has 1 aromatic carbocycles. The van der Waals surface area contributed by atoms with Gasteiger partial charge in [0.2, 0.25) is 5.91 Å². The Morgan fingerprint density at radius 2 is 2.13 bits per heavy atom. The van der Waals surface area contributed by atoms with Crippen LogP contribution in [0.15, 0.2) is 29.4 Å². The van der Waals surface area contributed by atoms with Crippen LogP contribution in [0.5, 0.6) is 0 Å². The van der Waals surface area contributed by atoms with Crippen molar-refractivity contribution in [3.63, 3.8) is 0 Å². The fourth-order valence-electron chi connectivity index (χ4n) is 3.10. The summed E-state index contributed by atoms with van der Waals surface area (Å²) in [5.74, 6) is 2.48. The number of hydrogen-bond donors (Lipinski definition) is 4. The number of benzene rings is 1. The number of anilines is 1. The summed E-state index contributed by atoms with van der Waals surface area (Å²) in [6, 6.07) is 7.48. The van der Waals surface area contributed by atoms with Crippen LogP contribution < -0.4 is 16.1 Å². The molecule has 0 aliphatic carbocycles. The first-order chi connectivity index (χ1) is 14.7. The molecule has 0 saturated carbocycles. The normalized spacial score (nSPS) is 18.2. The number of carbonyl (C=O) groups excluding carboxylic acids is 2. The van der Waals surface area contributed by atoms with E-state index in [1.165, 1.54) is 0 Å². The lowest BCUT2D eigenvalue weighted by molar-refractivity contribution is -0.125. The van der Waals surface area contributed by atoms with Crippen LogP contribution in [0, 0.1) is 0 Å². The molecule has 0 aromatic heterocycles. The Labute approximate surface area is 187 Å². The Bertz CT molecular complexity index is 899. The minimum atomic E-state index is -3.67. The number of amides is 2. The van der Waals surface area contributed by atoms with Crippen LogP contribution in [-0.2, 0) is 19.7 Å². The molecular weight excluding hydrogens is 442 g/mol. The lowest BCUT2D eigenvalue weighted by Gasteiger charge is -2.38. The zero-order valence-corrected chi connectivity index (χ0v) is 19.3. The molecule has 172 valence electrons. The third kappa shape index (κ3) is 8.85. The van der Waals surface area contributed by atoms with E-state index in [0.29, 0.717) is 12.7 Å². The number of nitrogens with one attached hydrogen (secondary N) is 3. The van der Waals surface area contributed by atoms with E-state index >= 15 is 0 Å². The third-order valence-corrected chi connectivity index (χ3v) is 5.48. The molecule has 2 aliphatic rings. The van der Waals surface area contributed by atoms with Crippen LogP contribution in [0.1, 0.15) is 24.8 Å². The zero-order valence-electron chi connectivity index (χ0n) is 17.6. The predicted molar refractivity (Wildman–Crippen MR) is 123 cm³/mol. The zero-order chi connectivity index (χ0) is 22.9. The second kappa shape index (κ2) is 12.0. The highest BCUT2D eigenvalue weighted by Gasteiger charge is 2.35. The topological polar surface area (TPSA) is 140 Å². The van der Waals surface area contributed by atoms with E-state index in [0.717, 1.165) is 54.5 Å². The summed E-state index contributed by atoms with van der Waals surface area (Å²) < 4.78 is 25.9. The summed E-state index contributed by atoms with van der Waals surface area (Å²) >= 11 is 1.79. The maximum atomic E-state index is 12.1. The smallest absolute Gasteiger partial charge is 0.263 e. The summed E-state index contributed by atoms with van der Waals surface area (Å²) in [4.78, 5) is 26.2. The first-order valence-electron chi connectivity index (χ1n) is 9.88. The fraction of sp³-hybridized carbons (Fsp3) is 0.526. The monoisotopic (exact) mass is 471 g/mol. The van der Waals surface area contributed by atoms with E-state index in [9.17, 15) is 18.0 Å². The average molecular weight is 472 g/mol. The van der Waals surface area contributed by atoms with Crippen molar-refractivity contribution < 1.29 is 22.6 Å². The van der Waals surface area contributed by atoms with Gasteiger partial charge in [-0.2, -0.15) is 25.3 Å². The Hall–Kier alpha value is -2.15. The number of rotatable bonds is 7. The molecule has 0 radical (unpaired) electrons. The molecule has 1 atom stereocenters. The van der Waals surface area contributed by atoms with Crippen molar-refractivity contribution in [2.45, 2.75) is 25.3 Å². The van der Waals surface area contributed by atoms with Crippen LogP contribution in [0.2, 0.25) is 0 Å². The highest BCUT2D eigenvalue weighted by molar-refractivity contribution is 7.99. The first kappa shape index (κ1) is 25.1. The van der Waals surface area contributed by atoms with Crippen molar-refractivity contribution >= 4 is 45.2 Å². The standard InChI is InChI=1S/C18H25N5O2S.CH4O3S/c1-19-8-3-2-7-16(24)20-14-6-4-5-13(11-14)17-21-22-18(25)15-12-26-10-9-23(15)17;1-5(2,3)4/h4-6,11,15,19H,2-3,7-10,12H2,1H3,(H,20,24)(H,22,25);1H3,(H,2,3,4). The molecule has 0 bridgehead atoms. The molecule has 2 aliphatic heterocycles. The van der Waals surface area contributed by atoms with E-state index in [1.54, 1.807) is 11.8 Å². The number of nitrogens with zero attached hydrogens (tertiary/aromatic N) is 2. The van der Waals surface area contributed by atoms with Gasteiger partial charge in [0, 0.05) is 35.7 Å². The maximum Gasteiger partial charge on any atom is 0.263 e. The number of unbranched alkanes of at least 4 members (excludes halogenated alkanes) is 1. The average Bonchev–Trinajstić information content (AvgIpc) is 2.71. The van der Waals surface area contributed by atoms with Crippen LogP contribution >= 0.6 is 11.8 Å². The SMILES string of the molecule is CNCCCCC(=O)Nc1cccc(C2=NNC(=O)C3CSCCN23)c1.CS(=O)(=O)O. The van der Waals surface area contributed by atoms with Gasteiger partial charge in [-0.3, -0.25) is 14.1 Å². The van der Waals surface area contributed by atoms with Crippen LogP contribution in [0.25, 0.3) is 0 Å². The minimum absolute atomic E-state index is 0.0180. The number of amidine groups is 1. The van der Waals surface area contributed by atoms with Crippen molar-refractivity contribution in [3.05, 3.63) is 29.8 Å². The molecule has 4 N–H and O–H groups in total. The summed E-state index contributed by atoms with van der Waals surface area (Å²) in [6.07, 6.45) is 3.06. The summed E-state index contributed by atoms with van der Waals surface area (Å²) in [6.45, 7) is 1.72. The van der Waals surface area contributed by atoms with Gasteiger partial charge in [0.05, 0.1) is 6.26 Å². The molecule has 1 saturated heterocycles. The number of thioether (sulfide) groups is 1. The van der Waals surface area contributed by atoms with Gasteiger partial charge in [0.1, 0.15) is 6.04 Å². The number of carbonyl (C=O) groups is 2.